The molecule has 0 saturated heterocycles. The van der Waals surface area contributed by atoms with Crippen molar-refractivity contribution in [3.05, 3.63) is 53.8 Å². The smallest absolute Gasteiger partial charge is 0.410 e. The summed E-state index contributed by atoms with van der Waals surface area (Å²) in [4.78, 5) is 13.2. The first-order chi connectivity index (χ1) is 7.86. The summed E-state index contributed by atoms with van der Waals surface area (Å²) in [5.41, 5.74) is 3.94. The maximum Gasteiger partial charge on any atom is 0.410 e. The Morgan fingerprint density at radius 1 is 1.25 bits per heavy atom. The van der Waals surface area contributed by atoms with E-state index in [-0.39, 0.29) is 6.09 Å². The molecule has 1 aromatic rings. The summed E-state index contributed by atoms with van der Waals surface area (Å²) in [6.45, 7) is 1.47. The molecule has 0 N–H and O–H groups in total. The highest BCUT2D eigenvalue weighted by Crippen LogP contribution is 2.04. The lowest BCUT2D eigenvalue weighted by atomic mass is 10.2. The van der Waals surface area contributed by atoms with Crippen molar-refractivity contribution >= 4 is 6.09 Å². The number of nitrogens with zero attached hydrogens (tertiary/aromatic N) is 1. The number of rotatable bonds is 2. The van der Waals surface area contributed by atoms with Crippen molar-refractivity contribution in [1.29, 1.82) is 0 Å². The molecule has 1 amide bonds. The Labute approximate surface area is 94.6 Å². The van der Waals surface area contributed by atoms with Crippen LogP contribution >= 0.6 is 0 Å². The molecule has 0 spiro atoms. The molecule has 0 atom stereocenters. The Kier molecular flexibility index (Phi) is 3.42. The fourth-order valence-corrected chi connectivity index (χ4v) is 1.44. The fourth-order valence-electron chi connectivity index (χ4n) is 1.44. The predicted molar refractivity (Wildman–Crippen MR) is 60.9 cm³/mol. The van der Waals surface area contributed by atoms with E-state index in [9.17, 15) is 4.79 Å². The number of ether oxygens (including phenoxy) is 1. The lowest BCUT2D eigenvalue weighted by Crippen LogP contribution is -2.32. The molecule has 0 radical (unpaired) electrons. The molecule has 1 aliphatic rings. The molecule has 2 rings (SSSR count). The van der Waals surface area contributed by atoms with E-state index in [1.54, 1.807) is 4.90 Å². The average molecular weight is 215 g/mol. The van der Waals surface area contributed by atoms with Crippen LogP contribution in [0.4, 0.5) is 4.79 Å². The molecule has 3 heteroatoms. The second kappa shape index (κ2) is 5.19. The number of hydrogen-bond acceptors (Lipinski definition) is 2. The molecule has 0 unspecified atom stereocenters. The monoisotopic (exact) mass is 215 g/mol. The van der Waals surface area contributed by atoms with Crippen LogP contribution < -0.4 is 0 Å². The van der Waals surface area contributed by atoms with Gasteiger partial charge >= 0.3 is 6.09 Å². The highest BCUT2D eigenvalue weighted by atomic mass is 16.6. The van der Waals surface area contributed by atoms with E-state index in [1.807, 2.05) is 42.5 Å². The summed E-state index contributed by atoms with van der Waals surface area (Å²) in [6, 6.07) is 9.66. The van der Waals surface area contributed by atoms with E-state index in [1.165, 1.54) is 0 Å². The second-order valence-electron chi connectivity index (χ2n) is 3.52. The molecule has 16 heavy (non-hydrogen) atoms. The molecule has 0 aromatic heterocycles. The van der Waals surface area contributed by atoms with Crippen LogP contribution in [0, 0.1) is 0 Å². The molecular formula is C13H13NO2. The molecule has 1 heterocycles. The zero-order chi connectivity index (χ0) is 11.2. The Bertz CT molecular complexity index is 409. The normalized spacial score (nSPS) is 13.9. The van der Waals surface area contributed by atoms with Crippen molar-refractivity contribution in [2.45, 2.75) is 6.61 Å². The zero-order valence-corrected chi connectivity index (χ0v) is 8.93. The molecule has 0 saturated carbocycles. The first-order valence-electron chi connectivity index (χ1n) is 5.21. The minimum atomic E-state index is -0.280. The highest BCUT2D eigenvalue weighted by Gasteiger charge is 2.13. The molecule has 1 aromatic carbocycles. The first kappa shape index (κ1) is 10.5. The first-order valence-corrected chi connectivity index (χ1v) is 5.21. The van der Waals surface area contributed by atoms with E-state index in [0.29, 0.717) is 19.7 Å². The standard InChI is InChI=1S/C13H13NO2/c15-13(14-9-5-2-6-10-14)16-11-12-7-3-1-4-8-12/h1,3-8H,9-11H2. The summed E-state index contributed by atoms with van der Waals surface area (Å²) in [5.74, 6) is 0. The molecule has 0 fully saturated rings. The van der Waals surface area contributed by atoms with Gasteiger partial charge in [0.15, 0.2) is 0 Å². The van der Waals surface area contributed by atoms with Gasteiger partial charge in [-0.1, -0.05) is 30.3 Å². The summed E-state index contributed by atoms with van der Waals surface area (Å²) in [5, 5.41) is 0. The van der Waals surface area contributed by atoms with Gasteiger partial charge in [0.05, 0.1) is 0 Å². The predicted octanol–water partition coefficient (Wildman–Crippen LogP) is 2.35. The van der Waals surface area contributed by atoms with Crippen LogP contribution in [0.15, 0.2) is 48.2 Å². The van der Waals surface area contributed by atoms with Gasteiger partial charge in [0.1, 0.15) is 6.61 Å². The third-order valence-corrected chi connectivity index (χ3v) is 2.32. The second-order valence-corrected chi connectivity index (χ2v) is 3.52. The molecule has 82 valence electrons. The van der Waals surface area contributed by atoms with E-state index in [0.717, 1.165) is 5.56 Å². The van der Waals surface area contributed by atoms with Crippen LogP contribution in [0.25, 0.3) is 0 Å². The Morgan fingerprint density at radius 2 is 1.94 bits per heavy atom. The van der Waals surface area contributed by atoms with Crippen LogP contribution in [0.2, 0.25) is 0 Å². The van der Waals surface area contributed by atoms with Crippen molar-refractivity contribution in [3.63, 3.8) is 0 Å². The largest absolute Gasteiger partial charge is 0.445 e. The van der Waals surface area contributed by atoms with Gasteiger partial charge in [-0.25, -0.2) is 4.79 Å². The van der Waals surface area contributed by atoms with Gasteiger partial charge in [-0.3, -0.25) is 4.90 Å². The SMILES string of the molecule is O=C(OCc1ccccc1)N1CC=C=CC1. The zero-order valence-electron chi connectivity index (χ0n) is 8.93. The number of carbonyl (C=O) groups is 1. The van der Waals surface area contributed by atoms with Crippen molar-refractivity contribution in [3.8, 4) is 0 Å². The maximum atomic E-state index is 11.6. The van der Waals surface area contributed by atoms with E-state index in [4.69, 9.17) is 4.74 Å². The van der Waals surface area contributed by atoms with Gasteiger partial charge < -0.3 is 4.74 Å². The quantitative estimate of drug-likeness (QED) is 0.709. The van der Waals surface area contributed by atoms with Gasteiger partial charge in [0.2, 0.25) is 0 Å². The van der Waals surface area contributed by atoms with Crippen LogP contribution in [-0.2, 0) is 11.3 Å². The van der Waals surface area contributed by atoms with Crippen LogP contribution in [-0.4, -0.2) is 24.1 Å². The topological polar surface area (TPSA) is 29.5 Å². The van der Waals surface area contributed by atoms with Gasteiger partial charge in [0, 0.05) is 13.1 Å². The van der Waals surface area contributed by atoms with Crippen LogP contribution in [0.5, 0.6) is 0 Å². The molecular weight excluding hydrogens is 202 g/mol. The van der Waals surface area contributed by atoms with Crippen LogP contribution in [0.1, 0.15) is 5.56 Å². The Balaban J connectivity index is 1.82. The maximum absolute atomic E-state index is 11.6. The highest BCUT2D eigenvalue weighted by molar-refractivity contribution is 5.68. The van der Waals surface area contributed by atoms with Gasteiger partial charge in [-0.2, -0.15) is 0 Å². The van der Waals surface area contributed by atoms with Crippen molar-refractivity contribution in [1.82, 2.24) is 4.90 Å². The van der Waals surface area contributed by atoms with Gasteiger partial charge in [0.25, 0.3) is 0 Å². The van der Waals surface area contributed by atoms with E-state index in [2.05, 4.69) is 5.73 Å². The third-order valence-electron chi connectivity index (χ3n) is 2.32. The third kappa shape index (κ3) is 2.75. The summed E-state index contributed by atoms with van der Waals surface area (Å²) < 4.78 is 5.19. The van der Waals surface area contributed by atoms with Crippen molar-refractivity contribution < 1.29 is 9.53 Å². The minimum Gasteiger partial charge on any atom is -0.445 e. The number of amides is 1. The minimum absolute atomic E-state index is 0.280. The lowest BCUT2D eigenvalue weighted by molar-refractivity contribution is 0.103. The molecule has 3 nitrogen and oxygen atoms in total. The molecule has 0 bridgehead atoms. The average Bonchev–Trinajstić information content (AvgIpc) is 2.38. The lowest BCUT2D eigenvalue weighted by Gasteiger charge is -2.19. The van der Waals surface area contributed by atoms with Crippen LogP contribution in [0.3, 0.4) is 0 Å². The van der Waals surface area contributed by atoms with Crippen molar-refractivity contribution in [2.24, 2.45) is 0 Å². The number of benzene rings is 1. The van der Waals surface area contributed by atoms with E-state index < -0.39 is 0 Å². The number of hydrogen-bond donors (Lipinski definition) is 0. The summed E-state index contributed by atoms with van der Waals surface area (Å²) in [7, 11) is 0. The van der Waals surface area contributed by atoms with E-state index >= 15 is 0 Å². The summed E-state index contributed by atoms with van der Waals surface area (Å²) >= 11 is 0. The van der Waals surface area contributed by atoms with Crippen molar-refractivity contribution in [2.75, 3.05) is 13.1 Å². The van der Waals surface area contributed by atoms with Gasteiger partial charge in [-0.15, -0.1) is 5.73 Å². The summed E-state index contributed by atoms with van der Waals surface area (Å²) in [6.07, 6.45) is 3.35. The Hall–Kier alpha value is -1.99. The fraction of sp³-hybridized carbons (Fsp3) is 0.231. The molecule has 1 aliphatic heterocycles. The molecule has 0 aliphatic carbocycles. The Morgan fingerprint density at radius 3 is 2.62 bits per heavy atom. The van der Waals surface area contributed by atoms with Gasteiger partial charge in [-0.05, 0) is 17.7 Å². The number of carbonyl (C=O) groups excluding carboxylic acids is 1.